The summed E-state index contributed by atoms with van der Waals surface area (Å²) in [7, 11) is -4.04. The van der Waals surface area contributed by atoms with Gasteiger partial charge in [0.1, 0.15) is 10.9 Å². The zero-order valence-corrected chi connectivity index (χ0v) is 18.9. The minimum absolute atomic E-state index is 0.0375. The molecule has 0 aliphatic rings. The van der Waals surface area contributed by atoms with E-state index >= 15 is 0 Å². The van der Waals surface area contributed by atoms with E-state index in [4.69, 9.17) is 23.2 Å². The van der Waals surface area contributed by atoms with Crippen molar-refractivity contribution in [2.24, 2.45) is 0 Å². The Morgan fingerprint density at radius 2 is 1.86 bits per heavy atom. The maximum Gasteiger partial charge on any atom is 0.242 e. The van der Waals surface area contributed by atoms with E-state index in [9.17, 15) is 13.2 Å². The Balaban J connectivity index is 2.28. The van der Waals surface area contributed by atoms with Crippen LogP contribution in [0.3, 0.4) is 0 Å². The van der Waals surface area contributed by atoms with Crippen LogP contribution in [0.25, 0.3) is 0 Å². The first-order chi connectivity index (χ1) is 13.1. The Morgan fingerprint density at radius 3 is 2.54 bits per heavy atom. The average Bonchev–Trinajstić information content (AvgIpc) is 2.63. The molecule has 2 N–H and O–H groups in total. The van der Waals surface area contributed by atoms with Gasteiger partial charge in [0, 0.05) is 10.7 Å². The largest absolute Gasteiger partial charge is 0.324 e. The second-order valence-corrected chi connectivity index (χ2v) is 9.85. The topological polar surface area (TPSA) is 75.3 Å². The SMILES string of the molecule is CSCCC(NS(=O)(=O)c1cc(Cl)ccc1Cl)C(=O)Nc1cc(C)ccc1C. The number of hydrogen-bond acceptors (Lipinski definition) is 4. The van der Waals surface area contributed by atoms with Gasteiger partial charge in [-0.1, -0.05) is 35.3 Å². The van der Waals surface area contributed by atoms with E-state index in [2.05, 4.69) is 10.0 Å². The van der Waals surface area contributed by atoms with Crippen LogP contribution in [0.5, 0.6) is 0 Å². The van der Waals surface area contributed by atoms with Crippen molar-refractivity contribution < 1.29 is 13.2 Å². The lowest BCUT2D eigenvalue weighted by Crippen LogP contribution is -2.44. The fraction of sp³-hybridized carbons (Fsp3) is 0.316. The Hall–Kier alpha value is -1.25. The predicted molar refractivity (Wildman–Crippen MR) is 118 cm³/mol. The smallest absolute Gasteiger partial charge is 0.242 e. The van der Waals surface area contributed by atoms with E-state index in [1.807, 2.05) is 38.3 Å². The summed E-state index contributed by atoms with van der Waals surface area (Å²) in [6, 6.07) is 8.92. The number of nitrogens with one attached hydrogen (secondary N) is 2. The molecule has 0 aliphatic heterocycles. The van der Waals surface area contributed by atoms with Gasteiger partial charge in [-0.3, -0.25) is 4.79 Å². The van der Waals surface area contributed by atoms with E-state index in [-0.39, 0.29) is 14.9 Å². The van der Waals surface area contributed by atoms with Crippen LogP contribution in [0.1, 0.15) is 17.5 Å². The summed E-state index contributed by atoms with van der Waals surface area (Å²) in [6.07, 6.45) is 2.22. The molecule has 0 aromatic heterocycles. The lowest BCUT2D eigenvalue weighted by atomic mass is 10.1. The molecule has 0 saturated heterocycles. The number of rotatable bonds is 8. The molecule has 0 aliphatic carbocycles. The van der Waals surface area contributed by atoms with Gasteiger partial charge in [-0.15, -0.1) is 0 Å². The van der Waals surface area contributed by atoms with E-state index < -0.39 is 22.0 Å². The van der Waals surface area contributed by atoms with E-state index in [0.29, 0.717) is 17.9 Å². The van der Waals surface area contributed by atoms with Gasteiger partial charge in [-0.05, 0) is 67.7 Å². The van der Waals surface area contributed by atoms with Gasteiger partial charge in [0.15, 0.2) is 0 Å². The number of aryl methyl sites for hydroxylation is 2. The van der Waals surface area contributed by atoms with Crippen molar-refractivity contribution in [3.05, 3.63) is 57.6 Å². The summed E-state index contributed by atoms with van der Waals surface area (Å²) in [5, 5.41) is 3.10. The molecule has 0 bridgehead atoms. The lowest BCUT2D eigenvalue weighted by Gasteiger charge is -2.19. The maximum absolute atomic E-state index is 12.8. The second-order valence-electron chi connectivity index (χ2n) is 6.34. The molecule has 28 heavy (non-hydrogen) atoms. The Labute approximate surface area is 180 Å². The number of anilines is 1. The predicted octanol–water partition coefficient (Wildman–Crippen LogP) is 4.65. The second kappa shape index (κ2) is 9.98. The third-order valence-electron chi connectivity index (χ3n) is 4.06. The normalized spacial score (nSPS) is 12.6. The van der Waals surface area contributed by atoms with Gasteiger partial charge in [0.2, 0.25) is 15.9 Å². The molecule has 2 rings (SSSR count). The standard InChI is InChI=1S/C19H22Cl2N2O3S2/c1-12-4-5-13(2)17(10-12)22-19(24)16(8-9-27-3)23-28(25,26)18-11-14(20)6-7-15(18)21/h4-7,10-11,16,23H,8-9H2,1-3H3,(H,22,24). The van der Waals surface area contributed by atoms with Gasteiger partial charge in [0.05, 0.1) is 5.02 Å². The number of thioether (sulfide) groups is 1. The molecule has 5 nitrogen and oxygen atoms in total. The summed E-state index contributed by atoms with van der Waals surface area (Å²) >= 11 is 13.5. The lowest BCUT2D eigenvalue weighted by molar-refractivity contribution is -0.117. The highest BCUT2D eigenvalue weighted by Crippen LogP contribution is 2.25. The van der Waals surface area contributed by atoms with E-state index in [1.165, 1.54) is 30.0 Å². The van der Waals surface area contributed by atoms with Crippen molar-refractivity contribution in [1.29, 1.82) is 0 Å². The Bertz CT molecular complexity index is 966. The van der Waals surface area contributed by atoms with Crippen LogP contribution in [0.15, 0.2) is 41.3 Å². The van der Waals surface area contributed by atoms with Crippen molar-refractivity contribution in [2.75, 3.05) is 17.3 Å². The molecular weight excluding hydrogens is 439 g/mol. The van der Waals surface area contributed by atoms with Gasteiger partial charge < -0.3 is 5.32 Å². The van der Waals surface area contributed by atoms with Crippen LogP contribution >= 0.6 is 35.0 Å². The number of hydrogen-bond donors (Lipinski definition) is 2. The van der Waals surface area contributed by atoms with Crippen LogP contribution in [0, 0.1) is 13.8 Å². The highest BCUT2D eigenvalue weighted by molar-refractivity contribution is 7.98. The van der Waals surface area contributed by atoms with Crippen LogP contribution < -0.4 is 10.0 Å². The molecule has 1 unspecified atom stereocenters. The van der Waals surface area contributed by atoms with E-state index in [1.54, 1.807) is 0 Å². The monoisotopic (exact) mass is 460 g/mol. The van der Waals surface area contributed by atoms with Crippen molar-refractivity contribution in [3.8, 4) is 0 Å². The number of carbonyl (C=O) groups excluding carboxylic acids is 1. The number of carbonyl (C=O) groups is 1. The quantitative estimate of drug-likeness (QED) is 0.600. The van der Waals surface area contributed by atoms with Gasteiger partial charge in [-0.2, -0.15) is 16.5 Å². The van der Waals surface area contributed by atoms with Gasteiger partial charge in [0.25, 0.3) is 0 Å². The zero-order valence-electron chi connectivity index (χ0n) is 15.8. The molecule has 1 amide bonds. The Kier molecular flexibility index (Phi) is 8.21. The first kappa shape index (κ1) is 23.0. The molecule has 0 saturated carbocycles. The molecular formula is C19H22Cl2N2O3S2. The molecule has 0 spiro atoms. The minimum Gasteiger partial charge on any atom is -0.324 e. The molecule has 9 heteroatoms. The van der Waals surface area contributed by atoms with Crippen LogP contribution in [0.2, 0.25) is 10.0 Å². The number of amides is 1. The minimum atomic E-state index is -4.04. The summed E-state index contributed by atoms with van der Waals surface area (Å²) < 4.78 is 28.1. The maximum atomic E-state index is 12.8. The number of halogens is 2. The highest BCUT2D eigenvalue weighted by Gasteiger charge is 2.27. The molecule has 152 valence electrons. The first-order valence-electron chi connectivity index (χ1n) is 8.48. The molecule has 0 heterocycles. The molecule has 0 fully saturated rings. The van der Waals surface area contributed by atoms with Crippen molar-refractivity contribution in [1.82, 2.24) is 4.72 Å². The summed E-state index contributed by atoms with van der Waals surface area (Å²) in [6.45, 7) is 3.80. The van der Waals surface area contributed by atoms with Crippen molar-refractivity contribution in [2.45, 2.75) is 31.2 Å². The molecule has 1 atom stereocenters. The van der Waals surface area contributed by atoms with Gasteiger partial charge >= 0.3 is 0 Å². The third kappa shape index (κ3) is 6.12. The number of sulfonamides is 1. The van der Waals surface area contributed by atoms with Crippen molar-refractivity contribution in [3.63, 3.8) is 0 Å². The van der Waals surface area contributed by atoms with Crippen LogP contribution in [-0.2, 0) is 14.8 Å². The summed E-state index contributed by atoms with van der Waals surface area (Å²) in [5.74, 6) is 0.181. The van der Waals surface area contributed by atoms with E-state index in [0.717, 1.165) is 11.1 Å². The Morgan fingerprint density at radius 1 is 1.14 bits per heavy atom. The molecule has 0 radical (unpaired) electrons. The first-order valence-corrected chi connectivity index (χ1v) is 12.1. The van der Waals surface area contributed by atoms with Crippen LogP contribution in [-0.4, -0.2) is 32.4 Å². The summed E-state index contributed by atoms with van der Waals surface area (Å²) in [4.78, 5) is 12.7. The van der Waals surface area contributed by atoms with Gasteiger partial charge in [-0.25, -0.2) is 8.42 Å². The van der Waals surface area contributed by atoms with Crippen molar-refractivity contribution >= 4 is 56.6 Å². The molecule has 2 aromatic rings. The zero-order chi connectivity index (χ0) is 20.9. The fourth-order valence-corrected chi connectivity index (χ4v) is 4.97. The summed E-state index contributed by atoms with van der Waals surface area (Å²) in [5.41, 5.74) is 2.54. The fourth-order valence-electron chi connectivity index (χ4n) is 2.50. The molecule has 2 aromatic carbocycles. The average molecular weight is 461 g/mol. The number of benzene rings is 2. The third-order valence-corrected chi connectivity index (χ3v) is 6.89. The highest BCUT2D eigenvalue weighted by atomic mass is 35.5. The van der Waals surface area contributed by atoms with Crippen LogP contribution in [0.4, 0.5) is 5.69 Å².